The van der Waals surface area contributed by atoms with E-state index in [0.717, 1.165) is 0 Å². The van der Waals surface area contributed by atoms with Crippen LogP contribution >= 0.6 is 0 Å². The molecule has 5 aromatic carbocycles. The number of aryl methyl sites for hydroxylation is 1. The molecule has 0 aliphatic rings. The summed E-state index contributed by atoms with van der Waals surface area (Å²) >= 11 is 0. The highest BCUT2D eigenvalue weighted by Crippen LogP contribution is 2.42. The van der Waals surface area contributed by atoms with Crippen molar-refractivity contribution >= 4 is 21.8 Å². The molecular weight excluding hydrogens is 386 g/mol. The first-order valence-electron chi connectivity index (χ1n) is 11.1. The Labute approximate surface area is 188 Å². The van der Waals surface area contributed by atoms with Crippen LogP contribution in [0.5, 0.6) is 0 Å². The van der Waals surface area contributed by atoms with E-state index in [-0.39, 0.29) is 0 Å². The molecule has 1 heterocycles. The van der Waals surface area contributed by atoms with Gasteiger partial charge in [-0.2, -0.15) is 0 Å². The summed E-state index contributed by atoms with van der Waals surface area (Å²) in [7, 11) is 0. The average molecular weight is 410 g/mol. The summed E-state index contributed by atoms with van der Waals surface area (Å²) in [6.07, 6.45) is 0. The molecule has 1 heteroatoms. The molecule has 32 heavy (non-hydrogen) atoms. The Bertz CT molecular complexity index is 1540. The summed E-state index contributed by atoms with van der Waals surface area (Å²) < 4.78 is 2.40. The van der Waals surface area contributed by atoms with Gasteiger partial charge in [-0.1, -0.05) is 97.1 Å². The van der Waals surface area contributed by atoms with Gasteiger partial charge in [0.1, 0.15) is 0 Å². The fraction of sp³-hybridized carbons (Fsp3) is 0.0323. The van der Waals surface area contributed by atoms with Gasteiger partial charge in [-0.15, -0.1) is 0 Å². The fourth-order valence-corrected chi connectivity index (χ4v) is 4.96. The van der Waals surface area contributed by atoms with E-state index in [9.17, 15) is 0 Å². The van der Waals surface area contributed by atoms with E-state index in [4.69, 9.17) is 0 Å². The first kappa shape index (κ1) is 18.7. The quantitative estimate of drug-likeness (QED) is 0.276. The van der Waals surface area contributed by atoms with Gasteiger partial charge >= 0.3 is 0 Å². The van der Waals surface area contributed by atoms with Gasteiger partial charge in [-0.3, -0.25) is 0 Å². The molecule has 0 atom stereocenters. The van der Waals surface area contributed by atoms with Crippen molar-refractivity contribution in [3.63, 3.8) is 0 Å². The van der Waals surface area contributed by atoms with Gasteiger partial charge in [0, 0.05) is 16.5 Å². The zero-order valence-electron chi connectivity index (χ0n) is 18.0. The van der Waals surface area contributed by atoms with Gasteiger partial charge in [0.2, 0.25) is 0 Å². The predicted molar refractivity (Wildman–Crippen MR) is 136 cm³/mol. The largest absolute Gasteiger partial charge is 0.309 e. The lowest BCUT2D eigenvalue weighted by molar-refractivity contribution is 1.18. The number of benzene rings is 5. The van der Waals surface area contributed by atoms with Crippen molar-refractivity contribution in [2.45, 2.75) is 6.92 Å². The maximum atomic E-state index is 2.40. The molecular formula is C31H23N. The Morgan fingerprint density at radius 1 is 0.438 bits per heavy atom. The Hall–Kier alpha value is -4.10. The molecule has 1 nitrogen and oxygen atoms in total. The van der Waals surface area contributed by atoms with Crippen LogP contribution in [0, 0.1) is 6.92 Å². The molecule has 0 unspecified atom stereocenters. The summed E-state index contributed by atoms with van der Waals surface area (Å²) in [6, 6.07) is 43.3. The van der Waals surface area contributed by atoms with Gasteiger partial charge in [-0.25, -0.2) is 0 Å². The maximum Gasteiger partial charge on any atom is 0.0547 e. The van der Waals surface area contributed by atoms with E-state index >= 15 is 0 Å². The monoisotopic (exact) mass is 409 g/mol. The lowest BCUT2D eigenvalue weighted by Crippen LogP contribution is -1.93. The second-order valence-electron chi connectivity index (χ2n) is 8.23. The molecule has 0 aliphatic heterocycles. The predicted octanol–water partition coefficient (Wildman–Crippen LogP) is 8.43. The highest BCUT2D eigenvalue weighted by atomic mass is 15.0. The van der Waals surface area contributed by atoms with Crippen LogP contribution in [-0.2, 0) is 0 Å². The number of hydrogen-bond acceptors (Lipinski definition) is 0. The van der Waals surface area contributed by atoms with Gasteiger partial charge in [0.05, 0.1) is 11.0 Å². The van der Waals surface area contributed by atoms with Crippen molar-refractivity contribution < 1.29 is 0 Å². The number of hydrogen-bond donors (Lipinski definition) is 0. The average Bonchev–Trinajstić information content (AvgIpc) is 3.21. The van der Waals surface area contributed by atoms with E-state index in [1.165, 1.54) is 55.3 Å². The van der Waals surface area contributed by atoms with Crippen LogP contribution < -0.4 is 0 Å². The normalized spacial score (nSPS) is 11.3. The van der Waals surface area contributed by atoms with Gasteiger partial charge in [-0.05, 0) is 59.0 Å². The summed E-state index contributed by atoms with van der Waals surface area (Å²) in [4.78, 5) is 0. The van der Waals surface area contributed by atoms with E-state index in [1.54, 1.807) is 0 Å². The van der Waals surface area contributed by atoms with Crippen LogP contribution in [-0.4, -0.2) is 4.57 Å². The van der Waals surface area contributed by atoms with Crippen molar-refractivity contribution in [1.29, 1.82) is 0 Å². The highest BCUT2D eigenvalue weighted by Gasteiger charge is 2.19. The summed E-state index contributed by atoms with van der Waals surface area (Å²) in [5.74, 6) is 0. The molecule has 0 amide bonds. The molecule has 0 aliphatic carbocycles. The van der Waals surface area contributed by atoms with Crippen molar-refractivity contribution in [2.75, 3.05) is 0 Å². The van der Waals surface area contributed by atoms with E-state index in [1.807, 2.05) is 0 Å². The van der Waals surface area contributed by atoms with Crippen LogP contribution in [0.2, 0.25) is 0 Å². The number of rotatable bonds is 3. The maximum absolute atomic E-state index is 2.40. The Morgan fingerprint density at radius 2 is 1.00 bits per heavy atom. The first-order chi connectivity index (χ1) is 15.8. The molecule has 6 aromatic rings. The molecule has 0 saturated heterocycles. The van der Waals surface area contributed by atoms with Crippen molar-refractivity contribution in [3.8, 4) is 27.9 Å². The van der Waals surface area contributed by atoms with Crippen LogP contribution in [0.15, 0.2) is 121 Å². The lowest BCUT2D eigenvalue weighted by Gasteiger charge is -2.10. The SMILES string of the molecule is Cc1c(-c2ccccc2)ccc2c1c1c(-c3ccccc3)cccc1n2-c1ccccc1. The molecule has 1 aromatic heterocycles. The van der Waals surface area contributed by atoms with Crippen LogP contribution in [0.4, 0.5) is 0 Å². The molecule has 152 valence electrons. The second kappa shape index (κ2) is 7.55. The third-order valence-corrected chi connectivity index (χ3v) is 6.40. The highest BCUT2D eigenvalue weighted by molar-refractivity contribution is 6.18. The van der Waals surface area contributed by atoms with E-state index in [2.05, 4.69) is 133 Å². The molecule has 0 fully saturated rings. The van der Waals surface area contributed by atoms with Gasteiger partial charge in [0.15, 0.2) is 0 Å². The first-order valence-corrected chi connectivity index (χ1v) is 11.1. The zero-order valence-corrected chi connectivity index (χ0v) is 18.0. The van der Waals surface area contributed by atoms with Crippen molar-refractivity contribution in [3.05, 3.63) is 127 Å². The van der Waals surface area contributed by atoms with Gasteiger partial charge in [0.25, 0.3) is 0 Å². The molecule has 0 N–H and O–H groups in total. The Morgan fingerprint density at radius 3 is 1.66 bits per heavy atom. The fourth-order valence-electron chi connectivity index (χ4n) is 4.96. The Kier molecular flexibility index (Phi) is 4.40. The Balaban J connectivity index is 1.79. The van der Waals surface area contributed by atoms with Crippen LogP contribution in [0.25, 0.3) is 49.7 Å². The topological polar surface area (TPSA) is 4.93 Å². The lowest BCUT2D eigenvalue weighted by atomic mass is 9.93. The summed E-state index contributed by atoms with van der Waals surface area (Å²) in [6.45, 7) is 2.27. The molecule has 0 spiro atoms. The van der Waals surface area contributed by atoms with E-state index < -0.39 is 0 Å². The summed E-state index contributed by atoms with van der Waals surface area (Å²) in [5.41, 5.74) is 10.0. The minimum Gasteiger partial charge on any atom is -0.309 e. The van der Waals surface area contributed by atoms with Crippen LogP contribution in [0.1, 0.15) is 5.56 Å². The zero-order chi connectivity index (χ0) is 21.5. The molecule has 0 radical (unpaired) electrons. The van der Waals surface area contributed by atoms with Crippen molar-refractivity contribution in [2.24, 2.45) is 0 Å². The van der Waals surface area contributed by atoms with Gasteiger partial charge < -0.3 is 4.57 Å². The third-order valence-electron chi connectivity index (χ3n) is 6.40. The molecule has 0 bridgehead atoms. The number of para-hydroxylation sites is 1. The minimum atomic E-state index is 1.18. The molecule has 6 rings (SSSR count). The summed E-state index contributed by atoms with van der Waals surface area (Å²) in [5, 5.41) is 2.64. The smallest absolute Gasteiger partial charge is 0.0547 e. The van der Waals surface area contributed by atoms with Crippen LogP contribution in [0.3, 0.4) is 0 Å². The second-order valence-corrected chi connectivity index (χ2v) is 8.23. The third kappa shape index (κ3) is 2.86. The minimum absolute atomic E-state index is 1.18. The van der Waals surface area contributed by atoms with Crippen molar-refractivity contribution in [1.82, 2.24) is 4.57 Å². The number of nitrogens with zero attached hydrogens (tertiary/aromatic N) is 1. The number of aromatic nitrogens is 1. The standard InChI is InChI=1S/C31H23N/c1-22-26(23-12-5-2-6-13-23)20-21-29-30(22)31-27(24-14-7-3-8-15-24)18-11-19-28(31)32(29)25-16-9-4-10-17-25/h2-21H,1H3. The molecule has 0 saturated carbocycles. The van der Waals surface area contributed by atoms with E-state index in [0.29, 0.717) is 0 Å². The number of fused-ring (bicyclic) bond motifs is 3.